The third-order valence-electron chi connectivity index (χ3n) is 4.49. The zero-order valence-corrected chi connectivity index (χ0v) is 12.7. The fourth-order valence-electron chi connectivity index (χ4n) is 3.09. The zero-order chi connectivity index (χ0) is 14.2. The Labute approximate surface area is 123 Å². The highest BCUT2D eigenvalue weighted by molar-refractivity contribution is 5.95. The molecule has 0 radical (unpaired) electrons. The van der Waals surface area contributed by atoms with Gasteiger partial charge in [-0.1, -0.05) is 43.7 Å². The first-order valence-corrected chi connectivity index (χ1v) is 8.10. The molecular weight excluding hydrogens is 246 g/mol. The summed E-state index contributed by atoms with van der Waals surface area (Å²) in [4.78, 5) is 14.6. The van der Waals surface area contributed by atoms with Crippen molar-refractivity contribution in [3.63, 3.8) is 0 Å². The molecule has 0 spiro atoms. The highest BCUT2D eigenvalue weighted by atomic mass is 16.1. The van der Waals surface area contributed by atoms with Crippen LogP contribution in [0.15, 0.2) is 30.3 Å². The molecule has 0 bridgehead atoms. The van der Waals surface area contributed by atoms with Crippen molar-refractivity contribution in [2.75, 3.05) is 19.6 Å². The molecule has 2 nitrogen and oxygen atoms in total. The molecule has 0 amide bonds. The molecule has 1 aromatic carbocycles. The molecule has 2 rings (SSSR count). The van der Waals surface area contributed by atoms with Crippen LogP contribution in [0.3, 0.4) is 0 Å². The number of carbonyl (C=O) groups is 1. The van der Waals surface area contributed by atoms with Crippen molar-refractivity contribution in [3.05, 3.63) is 35.9 Å². The van der Waals surface area contributed by atoms with Crippen LogP contribution >= 0.6 is 0 Å². The zero-order valence-electron chi connectivity index (χ0n) is 12.7. The average molecular weight is 273 g/mol. The van der Waals surface area contributed by atoms with Crippen LogP contribution in [0.5, 0.6) is 0 Å². The van der Waals surface area contributed by atoms with Gasteiger partial charge in [0.1, 0.15) is 0 Å². The van der Waals surface area contributed by atoms with Gasteiger partial charge < -0.3 is 4.90 Å². The van der Waals surface area contributed by atoms with Crippen LogP contribution in [0.4, 0.5) is 0 Å². The predicted octanol–water partition coefficient (Wildman–Crippen LogP) is 4.16. The topological polar surface area (TPSA) is 20.3 Å². The molecule has 1 saturated heterocycles. The van der Waals surface area contributed by atoms with E-state index in [1.54, 1.807) is 0 Å². The van der Waals surface area contributed by atoms with Gasteiger partial charge in [-0.15, -0.1) is 0 Å². The second-order valence-corrected chi connectivity index (χ2v) is 5.94. The van der Waals surface area contributed by atoms with Gasteiger partial charge >= 0.3 is 0 Å². The van der Waals surface area contributed by atoms with E-state index in [4.69, 9.17) is 0 Å². The number of carbonyl (C=O) groups excluding carboxylic acids is 1. The number of hydrogen-bond acceptors (Lipinski definition) is 2. The Morgan fingerprint density at radius 3 is 2.75 bits per heavy atom. The lowest BCUT2D eigenvalue weighted by Gasteiger charge is -2.19. The van der Waals surface area contributed by atoms with Gasteiger partial charge in [-0.3, -0.25) is 4.79 Å². The minimum Gasteiger partial charge on any atom is -0.303 e. The molecule has 2 heteroatoms. The third kappa shape index (κ3) is 4.75. The van der Waals surface area contributed by atoms with Crippen molar-refractivity contribution in [2.45, 2.75) is 45.4 Å². The van der Waals surface area contributed by atoms with E-state index >= 15 is 0 Å². The number of benzene rings is 1. The normalized spacial score (nSPS) is 20.6. The summed E-state index contributed by atoms with van der Waals surface area (Å²) in [7, 11) is 0. The van der Waals surface area contributed by atoms with Gasteiger partial charge in [0.15, 0.2) is 5.78 Å². The largest absolute Gasteiger partial charge is 0.303 e. The highest BCUT2D eigenvalue weighted by Crippen LogP contribution is 2.20. The van der Waals surface area contributed by atoms with E-state index in [0.717, 1.165) is 24.4 Å². The van der Waals surface area contributed by atoms with Crippen LogP contribution in [0, 0.1) is 5.92 Å². The fourth-order valence-corrected chi connectivity index (χ4v) is 3.09. The highest BCUT2D eigenvalue weighted by Gasteiger charge is 2.15. The van der Waals surface area contributed by atoms with Gasteiger partial charge in [-0.25, -0.2) is 0 Å². The van der Waals surface area contributed by atoms with Crippen molar-refractivity contribution in [2.24, 2.45) is 5.92 Å². The molecule has 0 aliphatic carbocycles. The van der Waals surface area contributed by atoms with Crippen LogP contribution in [-0.2, 0) is 0 Å². The first-order valence-electron chi connectivity index (χ1n) is 8.10. The summed E-state index contributed by atoms with van der Waals surface area (Å²) < 4.78 is 0. The number of rotatable bonds is 6. The van der Waals surface area contributed by atoms with E-state index in [2.05, 4.69) is 11.8 Å². The Hall–Kier alpha value is -1.15. The van der Waals surface area contributed by atoms with Crippen LogP contribution in [-0.4, -0.2) is 30.3 Å². The Kier molecular flexibility index (Phi) is 6.25. The Balaban J connectivity index is 1.69. The number of hydrogen-bond donors (Lipinski definition) is 0. The minimum absolute atomic E-state index is 0.284. The SMILES string of the molecule is CCC1CCCN(CCCC(=O)c2ccccc2)CC1. The third-order valence-corrected chi connectivity index (χ3v) is 4.49. The quantitative estimate of drug-likeness (QED) is 0.725. The average Bonchev–Trinajstić information content (AvgIpc) is 2.73. The number of nitrogens with zero attached hydrogens (tertiary/aromatic N) is 1. The van der Waals surface area contributed by atoms with E-state index in [0.29, 0.717) is 6.42 Å². The first-order chi connectivity index (χ1) is 9.79. The van der Waals surface area contributed by atoms with E-state index in [-0.39, 0.29) is 5.78 Å². The number of Topliss-reactive ketones (excluding diaryl/α,β-unsaturated/α-hetero) is 1. The summed E-state index contributed by atoms with van der Waals surface area (Å²) in [6, 6.07) is 9.66. The van der Waals surface area contributed by atoms with Crippen LogP contribution in [0.25, 0.3) is 0 Å². The van der Waals surface area contributed by atoms with Crippen molar-refractivity contribution in [3.8, 4) is 0 Å². The van der Waals surface area contributed by atoms with E-state index < -0.39 is 0 Å². The molecule has 1 aromatic rings. The van der Waals surface area contributed by atoms with Crippen LogP contribution < -0.4 is 0 Å². The van der Waals surface area contributed by atoms with Crippen molar-refractivity contribution >= 4 is 5.78 Å². The molecule has 1 heterocycles. The molecular formula is C18H27NO. The summed E-state index contributed by atoms with van der Waals surface area (Å²) in [5.41, 5.74) is 0.856. The second-order valence-electron chi connectivity index (χ2n) is 5.94. The van der Waals surface area contributed by atoms with Gasteiger partial charge in [0, 0.05) is 12.0 Å². The molecule has 110 valence electrons. The Morgan fingerprint density at radius 1 is 1.20 bits per heavy atom. The van der Waals surface area contributed by atoms with Gasteiger partial charge in [-0.05, 0) is 51.2 Å². The second kappa shape index (κ2) is 8.21. The summed E-state index contributed by atoms with van der Waals surface area (Å²) in [5.74, 6) is 1.21. The standard InChI is InChI=1S/C18H27NO/c1-2-16-8-6-13-19(15-12-16)14-7-11-18(20)17-9-4-3-5-10-17/h3-5,9-10,16H,2,6-8,11-15H2,1H3. The predicted molar refractivity (Wildman–Crippen MR) is 84.1 cm³/mol. The lowest BCUT2D eigenvalue weighted by molar-refractivity contribution is 0.0975. The monoisotopic (exact) mass is 273 g/mol. The fraction of sp³-hybridized carbons (Fsp3) is 0.611. The van der Waals surface area contributed by atoms with Gasteiger partial charge in [0.2, 0.25) is 0 Å². The van der Waals surface area contributed by atoms with Crippen LogP contribution in [0.1, 0.15) is 55.8 Å². The number of likely N-dealkylation sites (tertiary alicyclic amines) is 1. The van der Waals surface area contributed by atoms with E-state index in [1.807, 2.05) is 30.3 Å². The van der Waals surface area contributed by atoms with E-state index in [1.165, 1.54) is 38.8 Å². The first kappa shape index (κ1) is 15.2. The summed E-state index contributed by atoms with van der Waals surface area (Å²) >= 11 is 0. The molecule has 0 saturated carbocycles. The van der Waals surface area contributed by atoms with Crippen molar-refractivity contribution in [1.29, 1.82) is 0 Å². The molecule has 20 heavy (non-hydrogen) atoms. The molecule has 1 fully saturated rings. The maximum absolute atomic E-state index is 12.0. The maximum atomic E-state index is 12.0. The summed E-state index contributed by atoms with van der Waals surface area (Å²) in [6.45, 7) is 5.82. The van der Waals surface area contributed by atoms with Crippen LogP contribution in [0.2, 0.25) is 0 Å². The molecule has 1 aliphatic rings. The number of ketones is 1. The van der Waals surface area contributed by atoms with E-state index in [9.17, 15) is 4.79 Å². The van der Waals surface area contributed by atoms with Crippen molar-refractivity contribution < 1.29 is 4.79 Å². The Morgan fingerprint density at radius 2 is 2.00 bits per heavy atom. The smallest absolute Gasteiger partial charge is 0.162 e. The Bertz CT molecular complexity index is 401. The summed E-state index contributed by atoms with van der Waals surface area (Å²) in [5, 5.41) is 0. The van der Waals surface area contributed by atoms with Gasteiger partial charge in [0.25, 0.3) is 0 Å². The minimum atomic E-state index is 0.284. The molecule has 1 aliphatic heterocycles. The molecule has 1 unspecified atom stereocenters. The van der Waals surface area contributed by atoms with Gasteiger partial charge in [0.05, 0.1) is 0 Å². The molecule has 0 N–H and O–H groups in total. The molecule has 1 atom stereocenters. The van der Waals surface area contributed by atoms with Crippen molar-refractivity contribution in [1.82, 2.24) is 4.90 Å². The lowest BCUT2D eigenvalue weighted by Crippen LogP contribution is -2.26. The summed E-state index contributed by atoms with van der Waals surface area (Å²) in [6.07, 6.45) is 7.03. The maximum Gasteiger partial charge on any atom is 0.162 e. The van der Waals surface area contributed by atoms with Gasteiger partial charge in [-0.2, -0.15) is 0 Å². The molecule has 0 aromatic heterocycles. The lowest BCUT2D eigenvalue weighted by atomic mass is 9.98.